The molecule has 0 unspecified atom stereocenters. The first kappa shape index (κ1) is 22.9. The van der Waals surface area contributed by atoms with Crippen LogP contribution in [0.5, 0.6) is 11.5 Å². The van der Waals surface area contributed by atoms with Crippen LogP contribution in [0.15, 0.2) is 60.7 Å². The Morgan fingerprint density at radius 2 is 0.913 bits per heavy atom. The molecule has 0 saturated carbocycles. The molecule has 0 aliphatic heterocycles. The maximum atomic E-state index is 11.5. The summed E-state index contributed by atoms with van der Waals surface area (Å²) < 4.78 is 58.9. The number of hydrogen-bond donors (Lipinski definition) is 0. The van der Waals surface area contributed by atoms with Gasteiger partial charge in [-0.05, 0) is 24.3 Å². The molecule has 0 bridgehead atoms. The predicted molar refractivity (Wildman–Crippen MR) is 75.3 cm³/mol. The monoisotopic (exact) mass is 378 g/mol. The molecule has 23 heavy (non-hydrogen) atoms. The van der Waals surface area contributed by atoms with Crippen molar-refractivity contribution in [2.24, 2.45) is 0 Å². The van der Waals surface area contributed by atoms with Gasteiger partial charge in [0.15, 0.2) is 0 Å². The van der Waals surface area contributed by atoms with E-state index in [2.05, 4.69) is 12.0 Å². The van der Waals surface area contributed by atoms with Gasteiger partial charge in [-0.1, -0.05) is 40.0 Å². The average Bonchev–Trinajstić information content (AvgIpc) is 2.38. The minimum Gasteiger partial charge on any atom is -1.00 e. The quantitative estimate of drug-likeness (QED) is 0.471. The zero-order valence-corrected chi connectivity index (χ0v) is 18.1. The van der Waals surface area contributed by atoms with Gasteiger partial charge >= 0.3 is 79.9 Å². The van der Waals surface area contributed by atoms with Crippen LogP contribution in [0.4, 0.5) is 0 Å². The van der Waals surface area contributed by atoms with Crippen molar-refractivity contribution >= 4 is 20.8 Å². The molecule has 116 valence electrons. The molecular weight excluding hydrogens is 366 g/mol. The van der Waals surface area contributed by atoms with Crippen molar-refractivity contribution in [3.8, 4) is 11.5 Å². The van der Waals surface area contributed by atoms with E-state index in [0.29, 0.717) is 0 Å². The molecule has 0 heterocycles. The maximum absolute atomic E-state index is 11.5. The fourth-order valence-electron chi connectivity index (χ4n) is 1.32. The minimum atomic E-state index is -4.83. The van der Waals surface area contributed by atoms with Crippen LogP contribution in [0, 0.1) is 0 Å². The van der Waals surface area contributed by atoms with Crippen LogP contribution in [-0.2, 0) is 24.4 Å². The van der Waals surface area contributed by atoms with Crippen LogP contribution in [0.1, 0.15) is 2.85 Å². The first-order valence-corrected chi connectivity index (χ1v) is 8.23. The summed E-state index contributed by atoms with van der Waals surface area (Å²) in [5.74, 6) is -0.181. The second-order valence-electron chi connectivity index (χ2n) is 3.68. The normalized spacial score (nSPS) is 10.8. The molecule has 0 spiro atoms. The molecule has 0 N–H and O–H groups in total. The Labute approximate surface area is 182 Å². The summed E-state index contributed by atoms with van der Waals surface area (Å²) in [5, 5.41) is 0. The predicted octanol–water partition coefficient (Wildman–Crippen LogP) is -4.12. The Morgan fingerprint density at radius 3 is 1.22 bits per heavy atom. The van der Waals surface area contributed by atoms with Gasteiger partial charge in [0.25, 0.3) is 0 Å². The first-order chi connectivity index (χ1) is 9.86. The number of hydrogen-bond acceptors (Lipinski definition) is 7. The molecule has 0 aliphatic rings. The van der Waals surface area contributed by atoms with Gasteiger partial charge in [-0.2, -0.15) is 16.8 Å². The third-order valence-corrected chi connectivity index (χ3v) is 4.18. The molecule has 11 heteroatoms. The van der Waals surface area contributed by atoms with Gasteiger partial charge in [-0.25, -0.2) is 0 Å². The Bertz CT molecular complexity index is 734. The van der Waals surface area contributed by atoms with Gasteiger partial charge in [-0.3, -0.25) is 0 Å². The van der Waals surface area contributed by atoms with Gasteiger partial charge in [0.1, 0.15) is 11.5 Å². The van der Waals surface area contributed by atoms with E-state index in [1.165, 1.54) is 48.5 Å². The van der Waals surface area contributed by atoms with E-state index in [9.17, 15) is 16.8 Å². The smallest absolute Gasteiger partial charge is 1.00 e. The van der Waals surface area contributed by atoms with Crippen LogP contribution >= 0.6 is 0 Å². The Morgan fingerprint density at radius 1 is 0.609 bits per heavy atom. The fourth-order valence-corrected chi connectivity index (χ4v) is 3.05. The molecule has 2 rings (SSSR count). The van der Waals surface area contributed by atoms with Gasteiger partial charge in [-0.15, -0.1) is 0 Å². The van der Waals surface area contributed by atoms with Gasteiger partial charge in [0.05, 0.1) is 0 Å². The molecule has 0 aromatic heterocycles. The van der Waals surface area contributed by atoms with E-state index in [4.69, 9.17) is 0 Å². The van der Waals surface area contributed by atoms with Gasteiger partial charge in [0, 0.05) is 0 Å². The number of benzene rings is 2. The summed E-state index contributed by atoms with van der Waals surface area (Å²) in [5.41, 5.74) is 0. The average molecular weight is 378 g/mol. The summed E-state index contributed by atoms with van der Waals surface area (Å²) in [6.07, 6.45) is 0. The number of para-hydroxylation sites is 2. The second-order valence-corrected chi connectivity index (χ2v) is 6.19. The van der Waals surface area contributed by atoms with Crippen LogP contribution in [0.2, 0.25) is 0 Å². The minimum absolute atomic E-state index is 0. The molecule has 0 aliphatic carbocycles. The van der Waals surface area contributed by atoms with Crippen LogP contribution < -0.4 is 67.5 Å². The Balaban J connectivity index is -0.00000121. The summed E-state index contributed by atoms with van der Waals surface area (Å²) >= 11 is 0. The zero-order chi connectivity index (χ0) is 15.3. The van der Waals surface area contributed by atoms with Crippen molar-refractivity contribution < 1.29 is 90.8 Å². The van der Waals surface area contributed by atoms with E-state index >= 15 is 0 Å². The van der Waals surface area contributed by atoms with Gasteiger partial charge in [0.2, 0.25) is 0 Å². The molecule has 0 saturated heterocycles. The van der Waals surface area contributed by atoms with E-state index < -0.39 is 20.8 Å². The van der Waals surface area contributed by atoms with E-state index in [0.717, 1.165) is 0 Å². The van der Waals surface area contributed by atoms with Crippen molar-refractivity contribution in [3.05, 3.63) is 60.7 Å². The molecular formula is C12H12Na2O7S2. The van der Waals surface area contributed by atoms with Crippen molar-refractivity contribution in [2.75, 3.05) is 0 Å². The standard InChI is InChI=1S/C12H10O7S2.2Na.2H/c13-20(14,17-11-7-3-1-4-8-11)19-21(15,16)18-12-9-5-2-6-10-12;;;;/h1-10H;;;;/q;2*+1;2*-1. The van der Waals surface area contributed by atoms with E-state index in [-0.39, 0.29) is 73.5 Å². The zero-order valence-electron chi connectivity index (χ0n) is 14.4. The SMILES string of the molecule is O=S(=O)(Oc1ccccc1)OS(=O)(=O)Oc1ccccc1.[H-].[H-].[Na+].[Na+]. The van der Waals surface area contributed by atoms with E-state index in [1.54, 1.807) is 12.1 Å². The summed E-state index contributed by atoms with van der Waals surface area (Å²) in [6.45, 7) is 0. The van der Waals surface area contributed by atoms with Crippen molar-refractivity contribution in [3.63, 3.8) is 0 Å². The molecule has 0 fully saturated rings. The van der Waals surface area contributed by atoms with Crippen molar-refractivity contribution in [1.29, 1.82) is 0 Å². The molecule has 2 aromatic rings. The molecule has 0 atom stereocenters. The molecule has 0 radical (unpaired) electrons. The summed E-state index contributed by atoms with van der Waals surface area (Å²) in [4.78, 5) is 0. The Kier molecular flexibility index (Phi) is 9.98. The molecule has 7 nitrogen and oxygen atoms in total. The van der Waals surface area contributed by atoms with Gasteiger partial charge < -0.3 is 11.2 Å². The largest absolute Gasteiger partial charge is 1.00 e. The summed E-state index contributed by atoms with van der Waals surface area (Å²) in [7, 11) is -9.65. The van der Waals surface area contributed by atoms with Crippen molar-refractivity contribution in [1.82, 2.24) is 0 Å². The third-order valence-electron chi connectivity index (χ3n) is 2.05. The Hall–Kier alpha value is -0.1000. The first-order valence-electron chi connectivity index (χ1n) is 5.56. The van der Waals surface area contributed by atoms with Crippen LogP contribution in [0.25, 0.3) is 0 Å². The third kappa shape index (κ3) is 8.52. The fraction of sp³-hybridized carbons (Fsp3) is 0. The van der Waals surface area contributed by atoms with Crippen molar-refractivity contribution in [2.45, 2.75) is 0 Å². The number of rotatable bonds is 6. The van der Waals surface area contributed by atoms with Crippen LogP contribution in [0.3, 0.4) is 0 Å². The molecule has 2 aromatic carbocycles. The second kappa shape index (κ2) is 10.0. The van der Waals surface area contributed by atoms with Crippen LogP contribution in [-0.4, -0.2) is 16.8 Å². The van der Waals surface area contributed by atoms with E-state index in [1.807, 2.05) is 0 Å². The summed E-state index contributed by atoms with van der Waals surface area (Å²) in [6, 6.07) is 14.6. The molecule has 0 amide bonds. The topological polar surface area (TPSA) is 96.0 Å². The maximum Gasteiger partial charge on any atom is 1.00 e.